The third-order valence-electron chi connectivity index (χ3n) is 3.36. The van der Waals surface area contributed by atoms with E-state index in [1.54, 1.807) is 19.4 Å². The van der Waals surface area contributed by atoms with Crippen LogP contribution in [0, 0.1) is 0 Å². The second kappa shape index (κ2) is 8.12. The molecule has 2 unspecified atom stereocenters. The predicted molar refractivity (Wildman–Crippen MR) is 88.4 cm³/mol. The highest BCUT2D eigenvalue weighted by molar-refractivity contribution is 7.84. The number of carbonyl (C=O) groups excluding carboxylic acids is 1. The van der Waals surface area contributed by atoms with Crippen molar-refractivity contribution in [3.8, 4) is 0 Å². The number of aromatic nitrogens is 1. The van der Waals surface area contributed by atoms with Gasteiger partial charge in [0.2, 0.25) is 0 Å². The number of hydrogen-bond donors (Lipinski definition) is 2. The van der Waals surface area contributed by atoms with E-state index in [0.29, 0.717) is 24.3 Å². The summed E-state index contributed by atoms with van der Waals surface area (Å²) in [6.45, 7) is 6.53. The first-order chi connectivity index (χ1) is 9.85. The van der Waals surface area contributed by atoms with E-state index in [9.17, 15) is 9.00 Å². The van der Waals surface area contributed by atoms with Gasteiger partial charge in [0.05, 0.1) is 0 Å². The first-order valence-electron chi connectivity index (χ1n) is 7.15. The molecule has 0 radical (unpaired) electrons. The molecular formula is C15H25N3O2S. The fourth-order valence-corrected chi connectivity index (χ4v) is 2.21. The number of rotatable bonds is 7. The average molecular weight is 311 g/mol. The van der Waals surface area contributed by atoms with E-state index in [2.05, 4.69) is 15.6 Å². The standard InChI is InChI=1S/C15H25N3O2S/c1-10(2)13-8-12(9-14(16-4)18-13)15(19)17-7-6-11(3)21(5)20/h8-11H,6-7H2,1-5H3,(H,16,18)(H,17,19). The molecule has 1 amide bonds. The van der Waals surface area contributed by atoms with Crippen LogP contribution in [-0.2, 0) is 10.8 Å². The average Bonchev–Trinajstić information content (AvgIpc) is 2.46. The van der Waals surface area contributed by atoms with Gasteiger partial charge in [-0.25, -0.2) is 4.98 Å². The lowest BCUT2D eigenvalue weighted by molar-refractivity contribution is 0.0953. The lowest BCUT2D eigenvalue weighted by atomic mass is 10.1. The molecule has 6 heteroatoms. The Hall–Kier alpha value is -1.43. The van der Waals surface area contributed by atoms with Crippen LogP contribution >= 0.6 is 0 Å². The molecule has 21 heavy (non-hydrogen) atoms. The number of hydrogen-bond acceptors (Lipinski definition) is 4. The topological polar surface area (TPSA) is 71.1 Å². The highest BCUT2D eigenvalue weighted by Gasteiger charge is 2.12. The van der Waals surface area contributed by atoms with Crippen molar-refractivity contribution in [1.29, 1.82) is 0 Å². The van der Waals surface area contributed by atoms with Gasteiger partial charge in [0.1, 0.15) is 5.82 Å². The van der Waals surface area contributed by atoms with E-state index in [1.165, 1.54) is 0 Å². The quantitative estimate of drug-likeness (QED) is 0.809. The van der Waals surface area contributed by atoms with Gasteiger partial charge in [-0.3, -0.25) is 9.00 Å². The Labute approximate surface area is 129 Å². The Balaban J connectivity index is 2.73. The monoisotopic (exact) mass is 311 g/mol. The summed E-state index contributed by atoms with van der Waals surface area (Å²) >= 11 is 0. The molecule has 1 rings (SSSR count). The number of nitrogens with one attached hydrogen (secondary N) is 2. The molecule has 0 aromatic carbocycles. The van der Waals surface area contributed by atoms with Crippen LogP contribution < -0.4 is 10.6 Å². The van der Waals surface area contributed by atoms with E-state index in [0.717, 1.165) is 5.69 Å². The van der Waals surface area contributed by atoms with Gasteiger partial charge in [-0.2, -0.15) is 0 Å². The van der Waals surface area contributed by atoms with E-state index in [1.807, 2.05) is 26.8 Å². The van der Waals surface area contributed by atoms with Gasteiger partial charge in [0.15, 0.2) is 0 Å². The molecule has 1 aromatic heterocycles. The van der Waals surface area contributed by atoms with Crippen LogP contribution in [0.25, 0.3) is 0 Å². The molecule has 0 aliphatic carbocycles. The van der Waals surface area contributed by atoms with E-state index in [-0.39, 0.29) is 17.1 Å². The van der Waals surface area contributed by atoms with Gasteiger partial charge in [-0.05, 0) is 24.5 Å². The Morgan fingerprint density at radius 2 is 2.00 bits per heavy atom. The summed E-state index contributed by atoms with van der Waals surface area (Å²) < 4.78 is 11.3. The van der Waals surface area contributed by atoms with Crippen LogP contribution in [0.4, 0.5) is 5.82 Å². The second-order valence-electron chi connectivity index (χ2n) is 5.42. The third-order valence-corrected chi connectivity index (χ3v) is 4.73. The summed E-state index contributed by atoms with van der Waals surface area (Å²) in [5.74, 6) is 0.826. The van der Waals surface area contributed by atoms with Gasteiger partial charge >= 0.3 is 0 Å². The summed E-state index contributed by atoms with van der Waals surface area (Å²) in [5.41, 5.74) is 1.48. The van der Waals surface area contributed by atoms with Gasteiger partial charge in [0.25, 0.3) is 5.91 Å². The number of amides is 1. The smallest absolute Gasteiger partial charge is 0.251 e. The van der Waals surface area contributed by atoms with E-state index >= 15 is 0 Å². The number of nitrogens with zero attached hydrogens (tertiary/aromatic N) is 1. The summed E-state index contributed by atoms with van der Waals surface area (Å²) in [7, 11) is 0.928. The highest BCUT2D eigenvalue weighted by Crippen LogP contribution is 2.17. The Bertz CT molecular complexity index is 518. The third kappa shape index (κ3) is 5.46. The van der Waals surface area contributed by atoms with Crippen LogP contribution in [0.1, 0.15) is 49.2 Å². The first-order valence-corrected chi connectivity index (χ1v) is 8.77. The minimum atomic E-state index is -0.856. The molecular weight excluding hydrogens is 286 g/mol. The maximum absolute atomic E-state index is 12.2. The molecule has 5 nitrogen and oxygen atoms in total. The van der Waals surface area contributed by atoms with Crippen LogP contribution in [0.15, 0.2) is 12.1 Å². The van der Waals surface area contributed by atoms with Crippen LogP contribution in [0.5, 0.6) is 0 Å². The van der Waals surface area contributed by atoms with Gasteiger partial charge in [-0.1, -0.05) is 20.8 Å². The second-order valence-corrected chi connectivity index (χ2v) is 7.23. The zero-order valence-corrected chi connectivity index (χ0v) is 14.2. The highest BCUT2D eigenvalue weighted by atomic mass is 32.2. The molecule has 0 aliphatic rings. The number of anilines is 1. The zero-order valence-electron chi connectivity index (χ0n) is 13.4. The Kier molecular flexibility index (Phi) is 6.81. The normalized spacial score (nSPS) is 13.8. The number of pyridine rings is 1. The molecule has 0 saturated carbocycles. The number of carbonyl (C=O) groups is 1. The predicted octanol–water partition coefficient (Wildman–Crippen LogP) is 2.13. The molecule has 2 atom stereocenters. The molecule has 0 spiro atoms. The SMILES string of the molecule is CNc1cc(C(=O)NCCC(C)S(C)=O)cc(C(C)C)n1. The first kappa shape index (κ1) is 17.6. The minimum absolute atomic E-state index is 0.0850. The molecule has 1 aromatic rings. The van der Waals surface area contributed by atoms with E-state index < -0.39 is 10.8 Å². The molecule has 2 N–H and O–H groups in total. The lowest BCUT2D eigenvalue weighted by Crippen LogP contribution is -2.27. The fraction of sp³-hybridized carbons (Fsp3) is 0.600. The summed E-state index contributed by atoms with van der Waals surface area (Å²) in [5, 5.41) is 5.93. The molecule has 118 valence electrons. The zero-order chi connectivity index (χ0) is 16.0. The maximum atomic E-state index is 12.2. The minimum Gasteiger partial charge on any atom is -0.373 e. The van der Waals surface area contributed by atoms with Crippen LogP contribution in [0.2, 0.25) is 0 Å². The van der Waals surface area contributed by atoms with Crippen molar-refractivity contribution in [3.05, 3.63) is 23.4 Å². The van der Waals surface area contributed by atoms with Crippen molar-refractivity contribution in [2.24, 2.45) is 0 Å². The van der Waals surface area contributed by atoms with Crippen molar-refractivity contribution in [1.82, 2.24) is 10.3 Å². The summed E-state index contributed by atoms with van der Waals surface area (Å²) in [6.07, 6.45) is 2.39. The molecule has 0 saturated heterocycles. The van der Waals surface area contributed by atoms with Crippen molar-refractivity contribution in [3.63, 3.8) is 0 Å². The largest absolute Gasteiger partial charge is 0.373 e. The van der Waals surface area contributed by atoms with Crippen molar-refractivity contribution >= 4 is 22.5 Å². The van der Waals surface area contributed by atoms with Crippen LogP contribution in [0.3, 0.4) is 0 Å². The van der Waals surface area contributed by atoms with E-state index in [4.69, 9.17) is 0 Å². The summed E-state index contributed by atoms with van der Waals surface area (Å²) in [6, 6.07) is 3.56. The lowest BCUT2D eigenvalue weighted by Gasteiger charge is -2.12. The summed E-state index contributed by atoms with van der Waals surface area (Å²) in [4.78, 5) is 16.6. The van der Waals surface area contributed by atoms with Crippen molar-refractivity contribution < 1.29 is 9.00 Å². The van der Waals surface area contributed by atoms with Gasteiger partial charge in [-0.15, -0.1) is 0 Å². The molecule has 0 fully saturated rings. The molecule has 0 bridgehead atoms. The van der Waals surface area contributed by atoms with Crippen molar-refractivity contribution in [2.45, 2.75) is 38.4 Å². The van der Waals surface area contributed by atoms with Gasteiger partial charge in [0, 0.05) is 47.2 Å². The molecule has 0 aliphatic heterocycles. The Morgan fingerprint density at radius 3 is 2.52 bits per heavy atom. The van der Waals surface area contributed by atoms with Crippen molar-refractivity contribution in [2.75, 3.05) is 25.2 Å². The molecule has 1 heterocycles. The Morgan fingerprint density at radius 1 is 1.33 bits per heavy atom. The fourth-order valence-electron chi connectivity index (χ4n) is 1.76. The maximum Gasteiger partial charge on any atom is 0.251 e. The van der Waals surface area contributed by atoms with Gasteiger partial charge < -0.3 is 10.6 Å². The van der Waals surface area contributed by atoms with Crippen LogP contribution in [-0.4, -0.2) is 40.2 Å².